The van der Waals surface area contributed by atoms with Crippen LogP contribution in [0.5, 0.6) is 0 Å². The van der Waals surface area contributed by atoms with E-state index in [1.807, 2.05) is 27.7 Å². The fourth-order valence-corrected chi connectivity index (χ4v) is 3.32. The van der Waals surface area contributed by atoms with Crippen molar-refractivity contribution in [3.05, 3.63) is 0 Å². The van der Waals surface area contributed by atoms with Gasteiger partial charge >= 0.3 is 6.03 Å². The largest absolute Gasteiger partial charge is 0.392 e. The number of carbonyl (C=O) groups excluding carboxylic acids is 1. The monoisotopic (exact) mass is 284 g/mol. The van der Waals surface area contributed by atoms with E-state index in [-0.39, 0.29) is 29.5 Å². The van der Waals surface area contributed by atoms with Crippen LogP contribution in [0, 0.1) is 11.3 Å². The lowest BCUT2D eigenvalue weighted by molar-refractivity contribution is 0.0150. The van der Waals surface area contributed by atoms with Crippen molar-refractivity contribution in [2.24, 2.45) is 11.3 Å². The van der Waals surface area contributed by atoms with Crippen LogP contribution in [0.2, 0.25) is 0 Å². The van der Waals surface area contributed by atoms with E-state index in [1.165, 1.54) is 0 Å². The van der Waals surface area contributed by atoms with Crippen LogP contribution < -0.4 is 10.6 Å². The van der Waals surface area contributed by atoms with Gasteiger partial charge in [0.1, 0.15) is 0 Å². The van der Waals surface area contributed by atoms with E-state index >= 15 is 0 Å². The van der Waals surface area contributed by atoms with Gasteiger partial charge in [-0.25, -0.2) is 4.79 Å². The summed E-state index contributed by atoms with van der Waals surface area (Å²) >= 11 is 0. The summed E-state index contributed by atoms with van der Waals surface area (Å²) < 4.78 is 5.72. The third-order valence-electron chi connectivity index (χ3n) is 4.56. The molecule has 116 valence electrons. The highest BCUT2D eigenvalue weighted by molar-refractivity contribution is 5.74. The van der Waals surface area contributed by atoms with Gasteiger partial charge in [-0.05, 0) is 25.2 Å². The standard InChI is InChI=1S/C15H28N2O3/c1-9(2)13(18)15(3,4)8-16-14(19)17-11-7-10-5-6-12(11)20-10/h9-13,18H,5-8H2,1-4H3,(H2,16,17,19). The lowest BCUT2D eigenvalue weighted by Gasteiger charge is -2.33. The van der Waals surface area contributed by atoms with E-state index < -0.39 is 6.10 Å². The molecule has 2 heterocycles. The van der Waals surface area contributed by atoms with Crippen LogP contribution in [0.15, 0.2) is 0 Å². The minimum atomic E-state index is -0.436. The lowest BCUT2D eigenvalue weighted by Crippen LogP contribution is -2.50. The second kappa shape index (κ2) is 5.90. The number of aliphatic hydroxyl groups excluding tert-OH is 1. The number of rotatable bonds is 5. The smallest absolute Gasteiger partial charge is 0.315 e. The number of amides is 2. The van der Waals surface area contributed by atoms with Crippen molar-refractivity contribution >= 4 is 6.03 Å². The second-order valence-electron chi connectivity index (χ2n) is 7.22. The summed E-state index contributed by atoms with van der Waals surface area (Å²) in [5.74, 6) is 0.175. The van der Waals surface area contributed by atoms with Crippen molar-refractivity contribution in [1.82, 2.24) is 10.6 Å². The molecule has 2 bridgehead atoms. The van der Waals surface area contributed by atoms with Crippen LogP contribution in [-0.2, 0) is 4.74 Å². The van der Waals surface area contributed by atoms with Gasteiger partial charge in [-0.2, -0.15) is 0 Å². The van der Waals surface area contributed by atoms with Gasteiger partial charge in [0.25, 0.3) is 0 Å². The first-order valence-corrected chi connectivity index (χ1v) is 7.67. The van der Waals surface area contributed by atoms with E-state index in [2.05, 4.69) is 10.6 Å². The van der Waals surface area contributed by atoms with Gasteiger partial charge in [0.15, 0.2) is 0 Å². The number of aliphatic hydroxyl groups is 1. The van der Waals surface area contributed by atoms with Gasteiger partial charge in [-0.3, -0.25) is 0 Å². The maximum Gasteiger partial charge on any atom is 0.315 e. The van der Waals surface area contributed by atoms with Gasteiger partial charge in [0.05, 0.1) is 24.4 Å². The molecule has 0 aromatic heterocycles. The predicted molar refractivity (Wildman–Crippen MR) is 77.5 cm³/mol. The maximum atomic E-state index is 12.0. The summed E-state index contributed by atoms with van der Waals surface area (Å²) in [5, 5.41) is 16.0. The fraction of sp³-hybridized carbons (Fsp3) is 0.933. The molecule has 2 fully saturated rings. The highest BCUT2D eigenvalue weighted by atomic mass is 16.5. The maximum absolute atomic E-state index is 12.0. The Kier molecular flexibility index (Phi) is 4.59. The number of ether oxygens (including phenoxy) is 1. The average Bonchev–Trinajstić information content (AvgIpc) is 2.97. The Hall–Kier alpha value is -0.810. The molecule has 4 atom stereocenters. The van der Waals surface area contributed by atoms with Gasteiger partial charge in [-0.1, -0.05) is 27.7 Å². The zero-order chi connectivity index (χ0) is 14.9. The Morgan fingerprint density at radius 2 is 2.10 bits per heavy atom. The lowest BCUT2D eigenvalue weighted by atomic mass is 9.81. The molecule has 2 aliphatic heterocycles. The van der Waals surface area contributed by atoms with Gasteiger partial charge in [0, 0.05) is 12.0 Å². The summed E-state index contributed by atoms with van der Waals surface area (Å²) in [4.78, 5) is 12.0. The second-order valence-corrected chi connectivity index (χ2v) is 7.22. The molecular formula is C15H28N2O3. The molecule has 0 spiro atoms. The molecule has 5 heteroatoms. The molecule has 0 aromatic carbocycles. The van der Waals surface area contributed by atoms with Gasteiger partial charge in [0.2, 0.25) is 0 Å². The predicted octanol–water partition coefficient (Wildman–Crippen LogP) is 1.65. The van der Waals surface area contributed by atoms with Crippen molar-refractivity contribution in [2.45, 2.75) is 71.3 Å². The minimum absolute atomic E-state index is 0.145. The van der Waals surface area contributed by atoms with Gasteiger partial charge in [-0.15, -0.1) is 0 Å². The number of hydrogen-bond acceptors (Lipinski definition) is 3. The van der Waals surface area contributed by atoms with Crippen LogP contribution in [-0.4, -0.2) is 42.0 Å². The Bertz CT molecular complexity index is 357. The Labute approximate surface area is 121 Å². The molecule has 2 rings (SSSR count). The van der Waals surface area contributed by atoms with E-state index in [1.54, 1.807) is 0 Å². The molecule has 0 aliphatic carbocycles. The summed E-state index contributed by atoms with van der Waals surface area (Å²) in [6.45, 7) is 8.37. The number of fused-ring (bicyclic) bond motifs is 2. The molecule has 0 aromatic rings. The number of urea groups is 1. The highest BCUT2D eigenvalue weighted by Crippen LogP contribution is 2.34. The molecule has 0 radical (unpaired) electrons. The zero-order valence-electron chi connectivity index (χ0n) is 13.0. The van der Waals surface area contributed by atoms with Crippen LogP contribution >= 0.6 is 0 Å². The minimum Gasteiger partial charge on any atom is -0.392 e. The van der Waals surface area contributed by atoms with Crippen LogP contribution in [0.25, 0.3) is 0 Å². The summed E-state index contributed by atoms with van der Waals surface area (Å²) in [6, 6.07) is -0.0120. The average molecular weight is 284 g/mol. The first-order valence-electron chi connectivity index (χ1n) is 7.67. The van der Waals surface area contributed by atoms with Crippen LogP contribution in [0.4, 0.5) is 4.79 Å². The Morgan fingerprint density at radius 1 is 1.40 bits per heavy atom. The third-order valence-corrected chi connectivity index (χ3v) is 4.56. The fourth-order valence-electron chi connectivity index (χ4n) is 3.32. The first-order chi connectivity index (χ1) is 9.29. The van der Waals surface area contributed by atoms with Crippen molar-refractivity contribution in [2.75, 3.05) is 6.54 Å². The highest BCUT2D eigenvalue weighted by Gasteiger charge is 2.41. The van der Waals surface area contributed by atoms with Crippen molar-refractivity contribution in [3.63, 3.8) is 0 Å². The van der Waals surface area contributed by atoms with Crippen LogP contribution in [0.3, 0.4) is 0 Å². The summed E-state index contributed by atoms with van der Waals surface area (Å²) in [7, 11) is 0. The van der Waals surface area contributed by atoms with Crippen molar-refractivity contribution in [1.29, 1.82) is 0 Å². The summed E-state index contributed by atoms with van der Waals surface area (Å²) in [6.07, 6.45) is 3.19. The quantitative estimate of drug-likeness (QED) is 0.719. The summed E-state index contributed by atoms with van der Waals surface area (Å²) in [5.41, 5.74) is -0.337. The normalized spacial score (nSPS) is 30.6. The third kappa shape index (κ3) is 3.44. The number of nitrogens with one attached hydrogen (secondary N) is 2. The molecule has 3 N–H and O–H groups in total. The Morgan fingerprint density at radius 3 is 2.60 bits per heavy atom. The van der Waals surface area contributed by atoms with Gasteiger partial charge < -0.3 is 20.5 Å². The van der Waals surface area contributed by atoms with Crippen molar-refractivity contribution in [3.8, 4) is 0 Å². The molecule has 5 nitrogen and oxygen atoms in total. The molecular weight excluding hydrogens is 256 g/mol. The number of hydrogen-bond donors (Lipinski definition) is 3. The molecule has 2 aliphatic rings. The van der Waals surface area contributed by atoms with E-state index in [9.17, 15) is 9.90 Å². The Balaban J connectivity index is 1.75. The molecule has 0 saturated carbocycles. The molecule has 20 heavy (non-hydrogen) atoms. The van der Waals surface area contributed by atoms with E-state index in [4.69, 9.17) is 4.74 Å². The van der Waals surface area contributed by atoms with Crippen LogP contribution in [0.1, 0.15) is 47.0 Å². The topological polar surface area (TPSA) is 70.6 Å². The molecule has 4 unspecified atom stereocenters. The number of carbonyl (C=O) groups is 1. The molecule has 2 saturated heterocycles. The SMILES string of the molecule is CC(C)C(O)C(C)(C)CNC(=O)NC1CC2CCC1O2. The first kappa shape index (κ1) is 15.6. The van der Waals surface area contributed by atoms with E-state index in [0.717, 1.165) is 19.3 Å². The van der Waals surface area contributed by atoms with E-state index in [0.29, 0.717) is 12.6 Å². The zero-order valence-corrected chi connectivity index (χ0v) is 13.0. The van der Waals surface area contributed by atoms with Crippen molar-refractivity contribution < 1.29 is 14.6 Å². The molecule has 2 amide bonds.